The predicted molar refractivity (Wildman–Crippen MR) is 76.0 cm³/mol. The molecule has 0 aliphatic rings. The Morgan fingerprint density at radius 2 is 1.79 bits per heavy atom. The molecule has 0 saturated carbocycles. The van der Waals surface area contributed by atoms with E-state index in [1.54, 1.807) is 31.8 Å². The number of rotatable bonds is 3. The Morgan fingerprint density at radius 3 is 2.42 bits per heavy atom. The van der Waals surface area contributed by atoms with Crippen molar-refractivity contribution in [3.05, 3.63) is 35.8 Å². The van der Waals surface area contributed by atoms with E-state index in [2.05, 4.69) is 9.97 Å². The van der Waals surface area contributed by atoms with Gasteiger partial charge in [-0.05, 0) is 11.4 Å². The summed E-state index contributed by atoms with van der Waals surface area (Å²) in [6, 6.07) is 7.71. The number of hydrogen-bond donors (Lipinski definition) is 0. The highest BCUT2D eigenvalue weighted by atomic mass is 32.1. The Bertz CT molecular complexity index is 711. The molecule has 3 aromatic rings. The highest BCUT2D eigenvalue weighted by molar-refractivity contribution is 7.13. The van der Waals surface area contributed by atoms with E-state index in [1.165, 1.54) is 0 Å². The molecule has 19 heavy (non-hydrogen) atoms. The molecule has 0 fully saturated rings. The van der Waals surface area contributed by atoms with Crippen LogP contribution < -0.4 is 9.47 Å². The summed E-state index contributed by atoms with van der Waals surface area (Å²) in [7, 11) is 3.22. The Balaban J connectivity index is 2.17. The molecule has 3 rings (SSSR count). The normalized spacial score (nSPS) is 10.6. The highest BCUT2D eigenvalue weighted by Gasteiger charge is 2.09. The lowest BCUT2D eigenvalue weighted by Gasteiger charge is -2.08. The van der Waals surface area contributed by atoms with Crippen LogP contribution in [0, 0.1) is 0 Å². The molecule has 0 aliphatic carbocycles. The maximum absolute atomic E-state index is 5.28. The quantitative estimate of drug-likeness (QED) is 0.733. The average Bonchev–Trinajstić information content (AvgIpc) is 2.99. The van der Waals surface area contributed by atoms with Crippen molar-refractivity contribution >= 4 is 22.4 Å². The molecule has 96 valence electrons. The van der Waals surface area contributed by atoms with Gasteiger partial charge in [0.1, 0.15) is 0 Å². The van der Waals surface area contributed by atoms with Crippen LogP contribution in [-0.4, -0.2) is 24.2 Å². The first-order valence-electron chi connectivity index (χ1n) is 5.74. The van der Waals surface area contributed by atoms with Crippen LogP contribution in [-0.2, 0) is 0 Å². The smallest absolute Gasteiger partial charge is 0.163 e. The molecule has 0 aliphatic heterocycles. The summed E-state index contributed by atoms with van der Waals surface area (Å²) in [5, 5.41) is 2.02. The molecule has 4 nitrogen and oxygen atoms in total. The van der Waals surface area contributed by atoms with E-state index in [9.17, 15) is 0 Å². The third-order valence-corrected chi connectivity index (χ3v) is 3.71. The second kappa shape index (κ2) is 4.85. The minimum Gasteiger partial charge on any atom is -0.493 e. The lowest BCUT2D eigenvalue weighted by molar-refractivity contribution is 0.355. The number of aromatic nitrogens is 2. The molecule has 0 atom stereocenters. The van der Waals surface area contributed by atoms with Gasteiger partial charge in [-0.25, -0.2) is 4.98 Å². The number of hydrogen-bond acceptors (Lipinski definition) is 5. The summed E-state index contributed by atoms with van der Waals surface area (Å²) in [5.74, 6) is 1.32. The second-order valence-corrected chi connectivity index (χ2v) is 4.88. The van der Waals surface area contributed by atoms with Gasteiger partial charge in [-0.2, -0.15) is 0 Å². The van der Waals surface area contributed by atoms with Crippen molar-refractivity contribution in [2.45, 2.75) is 0 Å². The van der Waals surface area contributed by atoms with Gasteiger partial charge in [0, 0.05) is 12.1 Å². The molecule has 0 spiro atoms. The average molecular weight is 272 g/mol. The Labute approximate surface area is 114 Å². The fourth-order valence-electron chi connectivity index (χ4n) is 1.88. The number of benzene rings is 1. The highest BCUT2D eigenvalue weighted by Crippen LogP contribution is 2.32. The fraction of sp³-hybridized carbons (Fsp3) is 0.143. The van der Waals surface area contributed by atoms with E-state index in [-0.39, 0.29) is 0 Å². The topological polar surface area (TPSA) is 44.2 Å². The van der Waals surface area contributed by atoms with Gasteiger partial charge < -0.3 is 9.47 Å². The standard InChI is InChI=1S/C14H12N2O2S/c1-17-12-6-9-10(7-13(12)18-2)16-11(8-15-9)14-4-3-5-19-14/h3-8H,1-2H3. The molecule has 0 N–H and O–H groups in total. The zero-order valence-electron chi connectivity index (χ0n) is 10.6. The first-order valence-corrected chi connectivity index (χ1v) is 6.62. The van der Waals surface area contributed by atoms with Crippen molar-refractivity contribution in [1.29, 1.82) is 0 Å². The van der Waals surface area contributed by atoms with Crippen LogP contribution in [0.5, 0.6) is 11.5 Å². The van der Waals surface area contributed by atoms with E-state index in [4.69, 9.17) is 9.47 Å². The van der Waals surface area contributed by atoms with Gasteiger partial charge in [0.15, 0.2) is 11.5 Å². The number of fused-ring (bicyclic) bond motifs is 1. The van der Waals surface area contributed by atoms with Crippen LogP contribution in [0.25, 0.3) is 21.6 Å². The zero-order valence-corrected chi connectivity index (χ0v) is 11.4. The number of methoxy groups -OCH3 is 2. The van der Waals surface area contributed by atoms with Gasteiger partial charge in [0.05, 0.1) is 42.0 Å². The molecular formula is C14H12N2O2S. The molecule has 0 amide bonds. The minimum atomic E-state index is 0.660. The van der Waals surface area contributed by atoms with Gasteiger partial charge in [0.25, 0.3) is 0 Å². The summed E-state index contributed by atoms with van der Waals surface area (Å²) in [5.41, 5.74) is 2.45. The van der Waals surface area contributed by atoms with E-state index in [1.807, 2.05) is 29.6 Å². The van der Waals surface area contributed by atoms with Crippen molar-refractivity contribution in [1.82, 2.24) is 9.97 Å². The first kappa shape index (κ1) is 11.9. The molecule has 2 heterocycles. The van der Waals surface area contributed by atoms with Crippen LogP contribution in [0.1, 0.15) is 0 Å². The summed E-state index contributed by atoms with van der Waals surface area (Å²) >= 11 is 1.64. The van der Waals surface area contributed by atoms with Crippen molar-refractivity contribution in [2.75, 3.05) is 14.2 Å². The predicted octanol–water partition coefficient (Wildman–Crippen LogP) is 3.38. The van der Waals surface area contributed by atoms with E-state index in [0.29, 0.717) is 11.5 Å². The molecule has 2 aromatic heterocycles. The van der Waals surface area contributed by atoms with Gasteiger partial charge >= 0.3 is 0 Å². The molecule has 0 bridgehead atoms. The van der Waals surface area contributed by atoms with Crippen molar-refractivity contribution in [3.63, 3.8) is 0 Å². The largest absolute Gasteiger partial charge is 0.493 e. The van der Waals surface area contributed by atoms with Gasteiger partial charge in [-0.15, -0.1) is 11.3 Å². The summed E-state index contributed by atoms with van der Waals surface area (Å²) in [6.07, 6.45) is 1.78. The van der Waals surface area contributed by atoms with Crippen LogP contribution >= 0.6 is 11.3 Å². The fourth-order valence-corrected chi connectivity index (χ4v) is 2.56. The molecule has 1 aromatic carbocycles. The van der Waals surface area contributed by atoms with E-state index in [0.717, 1.165) is 21.6 Å². The number of thiophene rings is 1. The summed E-state index contributed by atoms with van der Waals surface area (Å²) in [4.78, 5) is 10.1. The SMILES string of the molecule is COc1cc2ncc(-c3cccs3)nc2cc1OC. The lowest BCUT2D eigenvalue weighted by atomic mass is 10.2. The Morgan fingerprint density at radius 1 is 1.05 bits per heavy atom. The molecular weight excluding hydrogens is 260 g/mol. The van der Waals surface area contributed by atoms with Crippen molar-refractivity contribution < 1.29 is 9.47 Å². The van der Waals surface area contributed by atoms with Crippen molar-refractivity contribution in [2.24, 2.45) is 0 Å². The van der Waals surface area contributed by atoms with Gasteiger partial charge in [0.2, 0.25) is 0 Å². The van der Waals surface area contributed by atoms with Crippen molar-refractivity contribution in [3.8, 4) is 22.1 Å². The van der Waals surface area contributed by atoms with Gasteiger partial charge in [-0.1, -0.05) is 6.07 Å². The minimum absolute atomic E-state index is 0.660. The number of ether oxygens (including phenoxy) is 2. The maximum Gasteiger partial charge on any atom is 0.163 e. The third-order valence-electron chi connectivity index (χ3n) is 2.82. The van der Waals surface area contributed by atoms with E-state index < -0.39 is 0 Å². The second-order valence-electron chi connectivity index (χ2n) is 3.93. The zero-order chi connectivity index (χ0) is 13.2. The van der Waals surface area contributed by atoms with Crippen LogP contribution in [0.3, 0.4) is 0 Å². The Kier molecular flexibility index (Phi) is 3.05. The first-order chi connectivity index (χ1) is 9.31. The van der Waals surface area contributed by atoms with E-state index >= 15 is 0 Å². The molecule has 5 heteroatoms. The monoisotopic (exact) mass is 272 g/mol. The Hall–Kier alpha value is -2.14. The summed E-state index contributed by atoms with van der Waals surface area (Å²) < 4.78 is 10.5. The van der Waals surface area contributed by atoms with Gasteiger partial charge in [-0.3, -0.25) is 4.98 Å². The van der Waals surface area contributed by atoms with Crippen LogP contribution in [0.2, 0.25) is 0 Å². The molecule has 0 radical (unpaired) electrons. The van der Waals surface area contributed by atoms with Crippen LogP contribution in [0.15, 0.2) is 35.8 Å². The molecule has 0 unspecified atom stereocenters. The lowest BCUT2D eigenvalue weighted by Crippen LogP contribution is -1.93. The number of nitrogens with zero attached hydrogens (tertiary/aromatic N) is 2. The summed E-state index contributed by atoms with van der Waals surface area (Å²) in [6.45, 7) is 0. The maximum atomic E-state index is 5.28. The van der Waals surface area contributed by atoms with Crippen LogP contribution in [0.4, 0.5) is 0 Å². The third kappa shape index (κ3) is 2.13. The molecule has 0 saturated heterocycles.